The first-order valence-electron chi connectivity index (χ1n) is 20.9. The Morgan fingerprint density at radius 3 is 2.56 bits per heavy atom. The fourth-order valence-corrected chi connectivity index (χ4v) is 9.71. The molecule has 1 fully saturated rings. The molecule has 6 heterocycles. The van der Waals surface area contributed by atoms with Crippen molar-refractivity contribution in [3.05, 3.63) is 101 Å². The molecule has 0 saturated carbocycles. The summed E-state index contributed by atoms with van der Waals surface area (Å²) in [6.45, 7) is -0.449. The van der Waals surface area contributed by atoms with Crippen LogP contribution in [-0.4, -0.2) is 121 Å². The first kappa shape index (κ1) is 43.4. The lowest BCUT2D eigenvalue weighted by Crippen LogP contribution is -2.71. The van der Waals surface area contributed by atoms with Crippen LogP contribution in [0.15, 0.2) is 67.0 Å². The summed E-state index contributed by atoms with van der Waals surface area (Å²) in [6, 6.07) is 17.1. The topological polar surface area (TPSA) is 293 Å². The fraction of sp³-hybridized carbons (Fsp3) is 0.422. The normalized spacial score (nSPS) is 25.9. The highest BCUT2D eigenvalue weighted by Crippen LogP contribution is 2.60. The Bertz CT molecular complexity index is 2540. The van der Waals surface area contributed by atoms with E-state index >= 15 is 0 Å². The molecule has 0 aliphatic carbocycles. The first-order valence-corrected chi connectivity index (χ1v) is 20.9. The number of H-pyrrole nitrogens is 1. The van der Waals surface area contributed by atoms with Crippen LogP contribution in [0.2, 0.25) is 0 Å². The minimum atomic E-state index is -2.27. The van der Waals surface area contributed by atoms with Gasteiger partial charge in [-0.2, -0.15) is 0 Å². The van der Waals surface area contributed by atoms with E-state index in [1.54, 1.807) is 18.3 Å². The van der Waals surface area contributed by atoms with E-state index in [0.717, 1.165) is 22.0 Å². The number of methoxy groups -OCH3 is 1. The molecule has 9 atom stereocenters. The zero-order valence-corrected chi connectivity index (χ0v) is 34.7. The molecule has 2 aromatic heterocycles. The fourth-order valence-electron chi connectivity index (χ4n) is 9.71. The van der Waals surface area contributed by atoms with Crippen LogP contribution in [0.3, 0.4) is 0 Å². The summed E-state index contributed by atoms with van der Waals surface area (Å²) < 4.78 is 45.8. The number of aliphatic carboxylic acids is 1. The van der Waals surface area contributed by atoms with Crippen LogP contribution < -0.4 is 35.2 Å². The maximum absolute atomic E-state index is 12.5. The van der Waals surface area contributed by atoms with E-state index in [2.05, 4.69) is 4.98 Å². The summed E-state index contributed by atoms with van der Waals surface area (Å²) in [5.74, 6) is -1.41. The average Bonchev–Trinajstić information content (AvgIpc) is 3.95. The van der Waals surface area contributed by atoms with Crippen molar-refractivity contribution in [3.8, 4) is 28.7 Å². The van der Waals surface area contributed by atoms with Gasteiger partial charge >= 0.3 is 11.9 Å². The molecule has 0 radical (unpaired) electrons. The van der Waals surface area contributed by atoms with E-state index in [4.69, 9.17) is 49.7 Å². The van der Waals surface area contributed by atoms with Gasteiger partial charge in [0, 0.05) is 53.5 Å². The summed E-state index contributed by atoms with van der Waals surface area (Å²) >= 11 is 0. The van der Waals surface area contributed by atoms with E-state index in [-0.39, 0.29) is 45.0 Å². The van der Waals surface area contributed by atoms with E-state index in [1.807, 2.05) is 53.2 Å². The molecule has 19 nitrogen and oxygen atoms in total. The van der Waals surface area contributed by atoms with Crippen LogP contribution in [0, 0.1) is 0 Å². The number of fused-ring (bicyclic) bond motifs is 8. The molecule has 11 N–H and O–H groups in total. The molecule has 9 rings (SSSR count). The van der Waals surface area contributed by atoms with Gasteiger partial charge in [0.1, 0.15) is 55.0 Å². The number of aliphatic hydroxyl groups is 5. The van der Waals surface area contributed by atoms with Crippen molar-refractivity contribution in [3.63, 3.8) is 0 Å². The van der Waals surface area contributed by atoms with Gasteiger partial charge in [-0.05, 0) is 36.1 Å². The van der Waals surface area contributed by atoms with Crippen LogP contribution in [0.5, 0.6) is 28.7 Å². The number of esters is 1. The molecular weight excluding hydrogens is 837 g/mol. The van der Waals surface area contributed by atoms with E-state index in [0.29, 0.717) is 51.8 Å². The highest BCUT2D eigenvalue weighted by atomic mass is 16.7. The number of carbonyl (C=O) groups excluding carboxylic acids is 1. The second-order valence-corrected chi connectivity index (χ2v) is 16.5. The predicted octanol–water partition coefficient (Wildman–Crippen LogP) is 1.24. The second kappa shape index (κ2) is 17.2. The third-order valence-electron chi connectivity index (χ3n) is 12.7. The molecular formula is C45H50N4O15. The number of carboxylic acids is 1. The molecule has 0 amide bonds. The van der Waals surface area contributed by atoms with Crippen molar-refractivity contribution in [1.82, 2.24) is 9.55 Å². The van der Waals surface area contributed by atoms with Gasteiger partial charge in [-0.25, -0.2) is 0 Å². The third-order valence-corrected chi connectivity index (χ3v) is 12.7. The maximum atomic E-state index is 12.5. The number of rotatable bonds is 14. The molecule has 5 aromatic rings. The Morgan fingerprint density at radius 1 is 1.05 bits per heavy atom. The SMILES string of the molecule is COc1ccc2c(c1OCCO)OC1c3c(cc4c(c3Cn3cc5cc[nH]c5c3CO)CCC3(O)C(O4)OC(C(OC(=O)CC(=O)O)C(N)N)C(O)C3O)OC(Cc3ccccc3)C21. The standard InChI is InChI=1S/C45H50N4O15/c1-58-27-8-7-24-33-29(15-21-5-3-2-4-6-21)60-30-16-28-23(9-11-45(57)42(56)36(55)40(64-44(45)61-28)41(43(46)47)62-32(54)17-31(52)53)25(19-49-18-22-10-12-48-35(22)26(49)20-51)34(30)39(33)63-37(24)38(27)59-14-13-50/h2-8,10,12,16,18,29,33,36,39-44,48,50-51,55-57H,9,11,13-15,17,19-20,46-47H2,1H3,(H,52,53). The number of benzene rings is 3. The molecule has 19 heteroatoms. The summed E-state index contributed by atoms with van der Waals surface area (Å²) in [5.41, 5.74) is 14.7. The van der Waals surface area contributed by atoms with E-state index in [1.165, 1.54) is 7.11 Å². The van der Waals surface area contributed by atoms with Gasteiger partial charge in [-0.15, -0.1) is 0 Å². The van der Waals surface area contributed by atoms with Crippen molar-refractivity contribution in [2.75, 3.05) is 20.3 Å². The summed E-state index contributed by atoms with van der Waals surface area (Å²) in [7, 11) is 1.51. The molecule has 0 bridgehead atoms. The summed E-state index contributed by atoms with van der Waals surface area (Å²) in [6.07, 6.45) is -8.80. The number of nitrogens with zero attached hydrogens (tertiary/aromatic N) is 1. The monoisotopic (exact) mass is 886 g/mol. The zero-order valence-electron chi connectivity index (χ0n) is 34.7. The number of carboxylic acid groups (broad SMARTS) is 1. The van der Waals surface area contributed by atoms with E-state index < -0.39 is 79.0 Å². The minimum Gasteiger partial charge on any atom is -0.493 e. The zero-order chi connectivity index (χ0) is 45.0. The van der Waals surface area contributed by atoms with Crippen molar-refractivity contribution in [2.24, 2.45) is 11.5 Å². The molecule has 4 aliphatic heterocycles. The number of aromatic amines is 1. The summed E-state index contributed by atoms with van der Waals surface area (Å²) in [5, 5.41) is 65.9. The van der Waals surface area contributed by atoms with Crippen LogP contribution >= 0.6 is 0 Å². The van der Waals surface area contributed by atoms with Gasteiger partial charge in [0.05, 0.1) is 43.6 Å². The van der Waals surface area contributed by atoms with Gasteiger partial charge in [0.2, 0.25) is 12.0 Å². The number of hydrogen-bond donors (Lipinski definition) is 9. The lowest BCUT2D eigenvalue weighted by molar-refractivity contribution is -0.329. The van der Waals surface area contributed by atoms with Gasteiger partial charge in [0.25, 0.3) is 0 Å². The van der Waals surface area contributed by atoms with Gasteiger partial charge in [-0.1, -0.05) is 36.4 Å². The number of hydrogen-bond acceptors (Lipinski definition) is 16. The molecule has 1 saturated heterocycles. The Labute approximate surface area is 365 Å². The Balaban J connectivity index is 1.20. The van der Waals surface area contributed by atoms with Crippen molar-refractivity contribution < 1.29 is 73.4 Å². The van der Waals surface area contributed by atoms with E-state index in [9.17, 15) is 35.1 Å². The van der Waals surface area contributed by atoms with Crippen LogP contribution in [0.1, 0.15) is 58.4 Å². The lowest BCUT2D eigenvalue weighted by Gasteiger charge is -2.48. The van der Waals surface area contributed by atoms with Gasteiger partial charge in [-0.3, -0.25) is 9.59 Å². The number of nitrogens with one attached hydrogen (secondary N) is 1. The van der Waals surface area contributed by atoms with Crippen LogP contribution in [0.4, 0.5) is 0 Å². The van der Waals surface area contributed by atoms with Gasteiger partial charge in [0.15, 0.2) is 23.2 Å². The van der Waals surface area contributed by atoms with Crippen molar-refractivity contribution in [1.29, 1.82) is 0 Å². The number of aliphatic hydroxyl groups excluding tert-OH is 4. The smallest absolute Gasteiger partial charge is 0.317 e. The lowest BCUT2D eigenvalue weighted by atomic mass is 9.78. The molecule has 3 aromatic carbocycles. The highest BCUT2D eigenvalue weighted by Gasteiger charge is 2.60. The van der Waals surface area contributed by atoms with Crippen molar-refractivity contribution in [2.45, 2.75) is 99.4 Å². The Morgan fingerprint density at radius 2 is 1.84 bits per heavy atom. The quantitative estimate of drug-likeness (QED) is 0.0431. The predicted molar refractivity (Wildman–Crippen MR) is 223 cm³/mol. The number of carbonyl (C=O) groups is 2. The third kappa shape index (κ3) is 7.46. The number of nitrogens with two attached hydrogens (primary N) is 2. The van der Waals surface area contributed by atoms with Crippen LogP contribution in [-0.2, 0) is 45.1 Å². The first-order chi connectivity index (χ1) is 30.8. The molecule has 64 heavy (non-hydrogen) atoms. The van der Waals surface area contributed by atoms with Gasteiger partial charge < -0.3 is 84.8 Å². The Kier molecular flexibility index (Phi) is 11.7. The van der Waals surface area contributed by atoms with Crippen molar-refractivity contribution >= 4 is 22.8 Å². The Hall–Kier alpha value is -5.90. The minimum absolute atomic E-state index is 0.0247. The maximum Gasteiger partial charge on any atom is 0.317 e. The molecule has 9 unspecified atom stereocenters. The number of aromatic nitrogens is 2. The van der Waals surface area contributed by atoms with Crippen LogP contribution in [0.25, 0.3) is 10.9 Å². The molecule has 0 spiro atoms. The average molecular weight is 887 g/mol. The number of ether oxygens (including phenoxy) is 7. The molecule has 4 aliphatic rings. The highest BCUT2D eigenvalue weighted by molar-refractivity contribution is 5.90. The molecule has 340 valence electrons. The largest absolute Gasteiger partial charge is 0.493 e. The summed E-state index contributed by atoms with van der Waals surface area (Å²) in [4.78, 5) is 27.0. The second-order valence-electron chi connectivity index (χ2n) is 16.5.